The first-order valence-electron chi connectivity index (χ1n) is 3.91. The van der Waals surface area contributed by atoms with Crippen LogP contribution in [0.1, 0.15) is 15.9 Å². The maximum atomic E-state index is 12.0. The molecule has 0 aliphatic rings. The Labute approximate surface area is 94.5 Å². The first kappa shape index (κ1) is 12.3. The van der Waals surface area contributed by atoms with E-state index in [9.17, 15) is 13.6 Å². The van der Waals surface area contributed by atoms with Gasteiger partial charge in [-0.1, -0.05) is 0 Å². The van der Waals surface area contributed by atoms with E-state index in [0.717, 1.165) is 12.1 Å². The van der Waals surface area contributed by atoms with Crippen molar-refractivity contribution in [1.82, 2.24) is 0 Å². The molecule has 16 heavy (non-hydrogen) atoms. The van der Waals surface area contributed by atoms with E-state index in [1.165, 1.54) is 0 Å². The Morgan fingerprint density at radius 2 is 2.19 bits per heavy atom. The molecular formula is C9H5F2NO3S. The third-order valence-electron chi connectivity index (χ3n) is 1.66. The summed E-state index contributed by atoms with van der Waals surface area (Å²) in [4.78, 5) is 10.8. The fourth-order valence-corrected chi connectivity index (χ4v) is 1.26. The number of carboxylic acid groups (broad SMARTS) is 1. The molecule has 0 heterocycles. The van der Waals surface area contributed by atoms with Crippen LogP contribution in [0.15, 0.2) is 17.0 Å². The van der Waals surface area contributed by atoms with Crippen LogP contribution in [-0.4, -0.2) is 17.7 Å². The van der Waals surface area contributed by atoms with Gasteiger partial charge in [0.2, 0.25) is 0 Å². The van der Waals surface area contributed by atoms with Crippen LogP contribution in [0.25, 0.3) is 0 Å². The van der Waals surface area contributed by atoms with Crippen LogP contribution in [0, 0.1) is 11.3 Å². The van der Waals surface area contributed by atoms with Gasteiger partial charge in [0.05, 0.1) is 5.56 Å². The molecule has 0 unspecified atom stereocenters. The van der Waals surface area contributed by atoms with E-state index in [4.69, 9.17) is 10.4 Å². The molecule has 1 rings (SSSR count). The van der Waals surface area contributed by atoms with Crippen molar-refractivity contribution in [3.05, 3.63) is 23.3 Å². The van der Waals surface area contributed by atoms with E-state index in [0.29, 0.717) is 0 Å². The zero-order valence-corrected chi connectivity index (χ0v) is 8.54. The molecule has 1 N–H and O–H groups in total. The quantitative estimate of drug-likeness (QED) is 0.800. The highest BCUT2D eigenvalue weighted by molar-refractivity contribution is 7.80. The van der Waals surface area contributed by atoms with Crippen LogP contribution in [0.2, 0.25) is 0 Å². The van der Waals surface area contributed by atoms with Crippen LogP contribution >= 0.6 is 12.6 Å². The first-order chi connectivity index (χ1) is 7.45. The summed E-state index contributed by atoms with van der Waals surface area (Å²) < 4.78 is 28.0. The van der Waals surface area contributed by atoms with Gasteiger partial charge < -0.3 is 9.84 Å². The summed E-state index contributed by atoms with van der Waals surface area (Å²) in [7, 11) is 0. The van der Waals surface area contributed by atoms with E-state index in [2.05, 4.69) is 17.4 Å². The molecule has 4 nitrogen and oxygen atoms in total. The fourth-order valence-electron chi connectivity index (χ4n) is 1.02. The largest absolute Gasteiger partial charge is 0.478 e. The number of benzene rings is 1. The molecule has 0 atom stereocenters. The zero-order chi connectivity index (χ0) is 12.3. The fraction of sp³-hybridized carbons (Fsp3) is 0.111. The van der Waals surface area contributed by atoms with E-state index in [1.54, 1.807) is 6.07 Å². The van der Waals surface area contributed by atoms with E-state index >= 15 is 0 Å². The van der Waals surface area contributed by atoms with Crippen LogP contribution in [0.4, 0.5) is 8.78 Å². The molecule has 7 heteroatoms. The number of aromatic carboxylic acids is 1. The maximum Gasteiger partial charge on any atom is 0.387 e. The van der Waals surface area contributed by atoms with E-state index in [1.807, 2.05) is 0 Å². The summed E-state index contributed by atoms with van der Waals surface area (Å²) in [6.45, 7) is -3.16. The van der Waals surface area contributed by atoms with Crippen molar-refractivity contribution in [2.45, 2.75) is 11.5 Å². The van der Waals surface area contributed by atoms with Gasteiger partial charge in [0, 0.05) is 11.0 Å². The Bertz CT molecular complexity index is 471. The molecule has 0 saturated carbocycles. The number of carbonyl (C=O) groups is 1. The number of alkyl halides is 2. The second kappa shape index (κ2) is 4.81. The van der Waals surface area contributed by atoms with E-state index in [-0.39, 0.29) is 10.5 Å². The minimum atomic E-state index is -3.16. The molecule has 0 fully saturated rings. The predicted molar refractivity (Wildman–Crippen MR) is 52.0 cm³/mol. The molecule has 0 aliphatic heterocycles. The van der Waals surface area contributed by atoms with Gasteiger partial charge in [-0.15, -0.1) is 12.6 Å². The third kappa shape index (κ3) is 2.61. The highest BCUT2D eigenvalue weighted by atomic mass is 32.1. The van der Waals surface area contributed by atoms with Gasteiger partial charge in [-0.05, 0) is 6.07 Å². The lowest BCUT2D eigenvalue weighted by atomic mass is 10.1. The Morgan fingerprint density at radius 1 is 1.56 bits per heavy atom. The summed E-state index contributed by atoms with van der Waals surface area (Å²) >= 11 is 3.85. The van der Waals surface area contributed by atoms with Gasteiger partial charge in [0.1, 0.15) is 17.4 Å². The number of nitrogens with zero attached hydrogens (tertiary/aromatic N) is 1. The summed E-state index contributed by atoms with van der Waals surface area (Å²) in [5.74, 6) is -1.99. The third-order valence-corrected chi connectivity index (χ3v) is 2.03. The van der Waals surface area contributed by atoms with Crippen molar-refractivity contribution in [2.75, 3.05) is 0 Å². The summed E-state index contributed by atoms with van der Waals surface area (Å²) in [5.41, 5.74) is -0.506. The van der Waals surface area contributed by atoms with Gasteiger partial charge in [-0.3, -0.25) is 0 Å². The normalized spacial score (nSPS) is 9.94. The number of nitriles is 1. The van der Waals surface area contributed by atoms with Gasteiger partial charge in [-0.25, -0.2) is 4.79 Å². The van der Waals surface area contributed by atoms with Gasteiger partial charge in [-0.2, -0.15) is 14.0 Å². The van der Waals surface area contributed by atoms with Crippen LogP contribution in [0.5, 0.6) is 5.75 Å². The average molecular weight is 245 g/mol. The van der Waals surface area contributed by atoms with Crippen molar-refractivity contribution < 1.29 is 23.4 Å². The minimum Gasteiger partial charge on any atom is -0.478 e. The van der Waals surface area contributed by atoms with Crippen molar-refractivity contribution in [2.24, 2.45) is 0 Å². The number of rotatable bonds is 3. The van der Waals surface area contributed by atoms with Gasteiger partial charge in [0.15, 0.2) is 0 Å². The lowest BCUT2D eigenvalue weighted by molar-refractivity contribution is -0.0503. The van der Waals surface area contributed by atoms with E-state index < -0.39 is 23.9 Å². The molecule has 1 aromatic carbocycles. The van der Waals surface area contributed by atoms with Gasteiger partial charge in [0.25, 0.3) is 0 Å². The minimum absolute atomic E-state index is 0.0380. The number of halogens is 2. The molecule has 0 bridgehead atoms. The second-order valence-corrected chi connectivity index (χ2v) is 3.14. The molecule has 0 aromatic heterocycles. The summed E-state index contributed by atoms with van der Waals surface area (Å²) in [6, 6.07) is 3.58. The molecular weight excluding hydrogens is 240 g/mol. The van der Waals surface area contributed by atoms with Crippen LogP contribution in [-0.2, 0) is 0 Å². The Morgan fingerprint density at radius 3 is 2.62 bits per heavy atom. The second-order valence-electron chi connectivity index (χ2n) is 2.66. The number of ether oxygens (including phenoxy) is 1. The number of hydrogen-bond donors (Lipinski definition) is 2. The SMILES string of the molecule is N#Cc1cc(OC(F)F)c(C(=O)O)cc1S. The van der Waals surface area contributed by atoms with Crippen molar-refractivity contribution in [1.29, 1.82) is 5.26 Å². The topological polar surface area (TPSA) is 70.3 Å². The molecule has 0 aliphatic carbocycles. The maximum absolute atomic E-state index is 12.0. The highest BCUT2D eigenvalue weighted by Gasteiger charge is 2.17. The smallest absolute Gasteiger partial charge is 0.387 e. The molecule has 0 amide bonds. The van der Waals surface area contributed by atoms with Crippen LogP contribution in [0.3, 0.4) is 0 Å². The highest BCUT2D eigenvalue weighted by Crippen LogP contribution is 2.27. The summed E-state index contributed by atoms with van der Waals surface area (Å²) in [5, 5.41) is 17.3. The Balaban J connectivity index is 3.32. The Kier molecular flexibility index (Phi) is 3.68. The molecule has 1 aromatic rings. The zero-order valence-electron chi connectivity index (χ0n) is 7.65. The average Bonchev–Trinajstić information content (AvgIpc) is 2.19. The number of thiol groups is 1. The van der Waals surface area contributed by atoms with Crippen molar-refractivity contribution in [3.8, 4) is 11.8 Å². The predicted octanol–water partition coefficient (Wildman–Crippen LogP) is 2.15. The van der Waals surface area contributed by atoms with Crippen molar-refractivity contribution in [3.63, 3.8) is 0 Å². The Hall–Kier alpha value is -1.81. The molecule has 0 spiro atoms. The lowest BCUT2D eigenvalue weighted by Gasteiger charge is -2.09. The van der Waals surface area contributed by atoms with Crippen LogP contribution < -0.4 is 4.74 Å². The molecule has 0 radical (unpaired) electrons. The number of carboxylic acids is 1. The molecule has 84 valence electrons. The monoisotopic (exact) mass is 245 g/mol. The van der Waals surface area contributed by atoms with Crippen molar-refractivity contribution >= 4 is 18.6 Å². The lowest BCUT2D eigenvalue weighted by Crippen LogP contribution is -2.08. The number of hydrogen-bond acceptors (Lipinski definition) is 4. The summed E-state index contributed by atoms with van der Waals surface area (Å²) in [6.07, 6.45) is 0. The first-order valence-corrected chi connectivity index (χ1v) is 4.35. The van der Waals surface area contributed by atoms with Gasteiger partial charge >= 0.3 is 12.6 Å². The molecule has 0 saturated heterocycles. The standard InChI is InChI=1S/C9H5F2NO3S/c10-9(11)15-6-1-4(3-12)7(16)2-5(6)8(13)14/h1-2,9,16H,(H,13,14).